The van der Waals surface area contributed by atoms with Crippen LogP contribution < -0.4 is 0 Å². The molecule has 0 aliphatic carbocycles. The summed E-state index contributed by atoms with van der Waals surface area (Å²) in [6.45, 7) is 0. The molecule has 13 heavy (non-hydrogen) atoms. The highest BCUT2D eigenvalue weighted by Crippen LogP contribution is 1.95. The Labute approximate surface area is 79.9 Å². The minimum atomic E-state index is -4.72. The maximum atomic E-state index is 10.9. The van der Waals surface area contributed by atoms with Crippen molar-refractivity contribution in [3.63, 3.8) is 0 Å². The molecule has 9 heteroatoms. The van der Waals surface area contributed by atoms with Gasteiger partial charge < -0.3 is 4.90 Å². The van der Waals surface area contributed by atoms with Gasteiger partial charge in [0.2, 0.25) is 5.17 Å². The Hall–Kier alpha value is -0.860. The summed E-state index contributed by atoms with van der Waals surface area (Å²) in [5.74, 6) is -0.745. The summed E-state index contributed by atoms with van der Waals surface area (Å²) in [5, 5.41) is 1.96. The molecule has 1 amide bonds. The van der Waals surface area contributed by atoms with Crippen LogP contribution in [0, 0.1) is 0 Å². The van der Waals surface area contributed by atoms with Gasteiger partial charge in [0.05, 0.1) is 0 Å². The van der Waals surface area contributed by atoms with Crippen LogP contribution in [-0.4, -0.2) is 43.0 Å². The number of carbonyl (C=O) groups excluding carboxylic acids is 1. The summed E-state index contributed by atoms with van der Waals surface area (Å²) >= 11 is 5.19. The van der Waals surface area contributed by atoms with Crippen molar-refractivity contribution in [2.24, 2.45) is 5.16 Å². The molecule has 0 rings (SSSR count). The van der Waals surface area contributed by atoms with Gasteiger partial charge in [-0.05, 0) is 5.16 Å². The molecule has 0 unspecified atom stereocenters. The van der Waals surface area contributed by atoms with Crippen LogP contribution in [0.25, 0.3) is 0 Å². The molecule has 7 nitrogen and oxygen atoms in total. The molecule has 0 aromatic heterocycles. The van der Waals surface area contributed by atoms with E-state index in [1.165, 1.54) is 14.1 Å². The van der Waals surface area contributed by atoms with Gasteiger partial charge in [0.15, 0.2) is 0 Å². The molecule has 0 bridgehead atoms. The fourth-order valence-electron chi connectivity index (χ4n) is 0.303. The first-order valence-corrected chi connectivity index (χ1v) is 4.59. The van der Waals surface area contributed by atoms with Crippen molar-refractivity contribution in [3.8, 4) is 0 Å². The zero-order valence-corrected chi connectivity index (χ0v) is 8.33. The second kappa shape index (κ2) is 4.40. The van der Waals surface area contributed by atoms with E-state index in [0.717, 1.165) is 4.90 Å². The molecule has 0 aromatic carbocycles. The van der Waals surface area contributed by atoms with E-state index in [4.69, 9.17) is 16.2 Å². The maximum absolute atomic E-state index is 10.9. The molecule has 0 heterocycles. The van der Waals surface area contributed by atoms with Gasteiger partial charge in [-0.2, -0.15) is 8.42 Å². The number of hydrogen-bond acceptors (Lipinski definition) is 5. The first-order valence-electron chi connectivity index (χ1n) is 2.85. The maximum Gasteiger partial charge on any atom is 0.466 e. The Morgan fingerprint density at radius 2 is 2.00 bits per heavy atom. The number of rotatable bonds is 3. The van der Waals surface area contributed by atoms with Crippen LogP contribution in [0.5, 0.6) is 0 Å². The highest BCUT2D eigenvalue weighted by Gasteiger charge is 2.13. The molecule has 0 aromatic rings. The lowest BCUT2D eigenvalue weighted by molar-refractivity contribution is -0.121. The fraction of sp³-hybridized carbons (Fsp3) is 0.500. The topological polar surface area (TPSA) is 96.3 Å². The van der Waals surface area contributed by atoms with Crippen LogP contribution in [0.4, 0.5) is 0 Å². The standard InChI is InChI=1S/C4H7ClN2O5S/c1-7(2)4(8)3(5)6-12-13(9,10)11/h1-2H3,(H,9,10,11)/b6-3-. The average Bonchev–Trinajstić information content (AvgIpc) is 1.97. The first-order chi connectivity index (χ1) is 5.74. The number of halogens is 1. The van der Waals surface area contributed by atoms with Crippen LogP contribution in [0.2, 0.25) is 0 Å². The smallest absolute Gasteiger partial charge is 0.343 e. The third kappa shape index (κ3) is 5.39. The third-order valence-electron chi connectivity index (χ3n) is 0.794. The second-order valence-corrected chi connectivity index (χ2v) is 3.45. The van der Waals surface area contributed by atoms with Crippen LogP contribution >= 0.6 is 11.6 Å². The van der Waals surface area contributed by atoms with E-state index in [9.17, 15) is 13.2 Å². The van der Waals surface area contributed by atoms with Crippen LogP contribution in [0.3, 0.4) is 0 Å². The number of carbonyl (C=O) groups is 1. The Morgan fingerprint density at radius 1 is 1.54 bits per heavy atom. The minimum absolute atomic E-state index is 0.706. The van der Waals surface area contributed by atoms with Gasteiger partial charge >= 0.3 is 10.4 Å². The highest BCUT2D eigenvalue weighted by atomic mass is 35.5. The van der Waals surface area contributed by atoms with Crippen LogP contribution in [0.15, 0.2) is 5.16 Å². The van der Waals surface area contributed by atoms with Gasteiger partial charge in [-0.1, -0.05) is 11.6 Å². The summed E-state index contributed by atoms with van der Waals surface area (Å²) < 4.78 is 31.5. The van der Waals surface area contributed by atoms with Gasteiger partial charge in [0, 0.05) is 14.1 Å². The largest absolute Gasteiger partial charge is 0.466 e. The monoisotopic (exact) mass is 230 g/mol. The van der Waals surface area contributed by atoms with Crippen molar-refractivity contribution in [1.29, 1.82) is 0 Å². The summed E-state index contributed by atoms with van der Waals surface area (Å²) in [5.41, 5.74) is 0. The van der Waals surface area contributed by atoms with Crippen molar-refractivity contribution in [1.82, 2.24) is 4.90 Å². The van der Waals surface area contributed by atoms with Gasteiger partial charge in [0.25, 0.3) is 5.91 Å². The summed E-state index contributed by atoms with van der Waals surface area (Å²) in [6.07, 6.45) is 0. The molecule has 0 fully saturated rings. The average molecular weight is 231 g/mol. The molecular weight excluding hydrogens is 224 g/mol. The lowest BCUT2D eigenvalue weighted by Crippen LogP contribution is -2.27. The van der Waals surface area contributed by atoms with E-state index < -0.39 is 21.5 Å². The normalized spacial score (nSPS) is 12.5. The molecule has 0 atom stereocenters. The quantitative estimate of drug-likeness (QED) is 0.399. The molecule has 0 spiro atoms. The Balaban J connectivity index is 4.44. The minimum Gasteiger partial charge on any atom is -0.343 e. The van der Waals surface area contributed by atoms with Gasteiger partial charge in [-0.15, -0.1) is 0 Å². The molecule has 0 radical (unpaired) electrons. The predicted octanol–water partition coefficient (Wildman–Crippen LogP) is -0.554. The van der Waals surface area contributed by atoms with Gasteiger partial charge in [0.1, 0.15) is 0 Å². The summed E-state index contributed by atoms with van der Waals surface area (Å²) in [6, 6.07) is 0. The SMILES string of the molecule is CN(C)C(=O)/C(Cl)=N/OS(=O)(=O)O. The zero-order valence-electron chi connectivity index (χ0n) is 6.76. The van der Waals surface area contributed by atoms with Gasteiger partial charge in [-0.3, -0.25) is 9.35 Å². The zero-order chi connectivity index (χ0) is 10.6. The number of oxime groups is 1. The molecule has 0 saturated heterocycles. The fourth-order valence-corrected chi connectivity index (χ4v) is 0.717. The van der Waals surface area contributed by atoms with Crippen molar-refractivity contribution >= 4 is 33.1 Å². The highest BCUT2D eigenvalue weighted by molar-refractivity contribution is 7.80. The molecule has 0 aliphatic heterocycles. The van der Waals surface area contributed by atoms with Crippen molar-refractivity contribution in [3.05, 3.63) is 0 Å². The molecular formula is C4H7ClN2O5S. The second-order valence-electron chi connectivity index (χ2n) is 2.08. The number of amides is 1. The third-order valence-corrected chi connectivity index (χ3v) is 1.29. The van der Waals surface area contributed by atoms with E-state index >= 15 is 0 Å². The van der Waals surface area contributed by atoms with Crippen molar-refractivity contribution in [2.75, 3.05) is 14.1 Å². The van der Waals surface area contributed by atoms with Crippen molar-refractivity contribution < 1.29 is 22.0 Å². The van der Waals surface area contributed by atoms with E-state index in [1.807, 2.05) is 0 Å². The molecule has 1 N–H and O–H groups in total. The summed E-state index contributed by atoms with van der Waals surface area (Å²) in [7, 11) is -1.96. The van der Waals surface area contributed by atoms with Crippen LogP contribution in [-0.2, 0) is 19.5 Å². The lowest BCUT2D eigenvalue weighted by Gasteiger charge is -2.06. The number of nitrogens with zero attached hydrogens (tertiary/aromatic N) is 2. The van der Waals surface area contributed by atoms with Crippen molar-refractivity contribution in [2.45, 2.75) is 0 Å². The molecule has 0 saturated carbocycles. The predicted molar refractivity (Wildman–Crippen MR) is 44.6 cm³/mol. The summed E-state index contributed by atoms with van der Waals surface area (Å²) in [4.78, 5) is 11.9. The Morgan fingerprint density at radius 3 is 2.31 bits per heavy atom. The Kier molecular flexibility index (Phi) is 4.11. The first kappa shape index (κ1) is 12.1. The van der Waals surface area contributed by atoms with E-state index in [0.29, 0.717) is 0 Å². The Bertz CT molecular complexity index is 321. The molecule has 0 aliphatic rings. The van der Waals surface area contributed by atoms with Crippen LogP contribution in [0.1, 0.15) is 0 Å². The van der Waals surface area contributed by atoms with E-state index in [1.54, 1.807) is 0 Å². The number of hydrogen-bond donors (Lipinski definition) is 1. The lowest BCUT2D eigenvalue weighted by atomic mass is 10.6. The molecule has 76 valence electrons. The van der Waals surface area contributed by atoms with Gasteiger partial charge in [-0.25, -0.2) is 4.28 Å². The van der Waals surface area contributed by atoms with E-state index in [2.05, 4.69) is 9.44 Å². The van der Waals surface area contributed by atoms with E-state index in [-0.39, 0.29) is 0 Å².